The van der Waals surface area contributed by atoms with Crippen LogP contribution in [-0.2, 0) is 16.6 Å². The van der Waals surface area contributed by atoms with Crippen molar-refractivity contribution in [2.75, 3.05) is 32.5 Å². The summed E-state index contributed by atoms with van der Waals surface area (Å²) in [6.07, 6.45) is 0.594. The minimum atomic E-state index is -3.47. The number of sulfonamides is 1. The summed E-state index contributed by atoms with van der Waals surface area (Å²) < 4.78 is 32.2. The highest BCUT2D eigenvalue weighted by atomic mass is 32.2. The maximum Gasteiger partial charge on any atom is 0.315 e. The van der Waals surface area contributed by atoms with Gasteiger partial charge in [0.25, 0.3) is 0 Å². The monoisotopic (exact) mass is 353 g/mol. The van der Waals surface area contributed by atoms with Gasteiger partial charge in [0.1, 0.15) is 0 Å². The number of benzene rings is 1. The molecule has 0 bridgehead atoms. The van der Waals surface area contributed by atoms with E-state index in [-0.39, 0.29) is 4.90 Å². The van der Waals surface area contributed by atoms with Crippen LogP contribution in [0.2, 0.25) is 0 Å². The highest BCUT2D eigenvalue weighted by Crippen LogP contribution is 2.10. The van der Waals surface area contributed by atoms with Crippen molar-refractivity contribution < 1.29 is 12.8 Å². The summed E-state index contributed by atoms with van der Waals surface area (Å²) >= 11 is 0. The van der Waals surface area contributed by atoms with Gasteiger partial charge < -0.3 is 14.6 Å². The van der Waals surface area contributed by atoms with Gasteiger partial charge in [0.15, 0.2) is 0 Å². The lowest BCUT2D eigenvalue weighted by Crippen LogP contribution is -2.26. The van der Waals surface area contributed by atoms with Crippen LogP contribution < -0.4 is 10.0 Å². The summed E-state index contributed by atoms with van der Waals surface area (Å²) in [5, 5.41) is 10.8. The maximum atomic E-state index is 12.1. The lowest BCUT2D eigenvalue weighted by molar-refractivity contribution is 0.344. The molecule has 8 nitrogen and oxygen atoms in total. The van der Waals surface area contributed by atoms with Crippen molar-refractivity contribution in [3.63, 3.8) is 0 Å². The first-order valence-electron chi connectivity index (χ1n) is 7.64. The molecule has 132 valence electrons. The molecule has 9 heteroatoms. The summed E-state index contributed by atoms with van der Waals surface area (Å²) in [7, 11) is 0.362. The fourth-order valence-corrected chi connectivity index (χ4v) is 3.02. The fourth-order valence-electron chi connectivity index (χ4n) is 1.95. The van der Waals surface area contributed by atoms with E-state index in [2.05, 4.69) is 20.2 Å². The molecule has 0 aliphatic rings. The third kappa shape index (κ3) is 5.59. The van der Waals surface area contributed by atoms with Crippen molar-refractivity contribution >= 4 is 16.0 Å². The van der Waals surface area contributed by atoms with E-state index in [9.17, 15) is 8.42 Å². The molecule has 24 heavy (non-hydrogen) atoms. The maximum absolute atomic E-state index is 12.1. The molecule has 2 aromatic rings. The van der Waals surface area contributed by atoms with E-state index < -0.39 is 10.0 Å². The first kappa shape index (κ1) is 18.4. The molecule has 0 radical (unpaired) electrons. The van der Waals surface area contributed by atoms with E-state index in [1.165, 1.54) is 0 Å². The van der Waals surface area contributed by atoms with Crippen molar-refractivity contribution in [3.8, 4) is 0 Å². The number of anilines is 1. The zero-order valence-electron chi connectivity index (χ0n) is 14.1. The van der Waals surface area contributed by atoms with Crippen LogP contribution in [0.1, 0.15) is 17.9 Å². The Morgan fingerprint density at radius 3 is 2.50 bits per heavy atom. The number of nitrogens with zero attached hydrogens (tertiary/aromatic N) is 3. The summed E-state index contributed by atoms with van der Waals surface area (Å²) in [5.41, 5.74) is 1.02. The molecule has 0 saturated heterocycles. The van der Waals surface area contributed by atoms with E-state index in [0.29, 0.717) is 38.0 Å². The van der Waals surface area contributed by atoms with Crippen molar-refractivity contribution in [3.05, 3.63) is 35.7 Å². The zero-order valence-corrected chi connectivity index (χ0v) is 14.9. The Hall–Kier alpha value is -1.97. The molecule has 0 aliphatic heterocycles. The Morgan fingerprint density at radius 1 is 1.12 bits per heavy atom. The Bertz CT molecular complexity index is 741. The molecule has 1 aromatic heterocycles. The molecule has 0 fully saturated rings. The van der Waals surface area contributed by atoms with E-state index in [1.54, 1.807) is 24.3 Å². The predicted octanol–water partition coefficient (Wildman–Crippen LogP) is 1.22. The molecule has 2 N–H and O–H groups in total. The summed E-state index contributed by atoms with van der Waals surface area (Å²) in [6, 6.07) is 7.09. The lowest BCUT2D eigenvalue weighted by Gasteiger charge is -2.07. The van der Waals surface area contributed by atoms with Crippen LogP contribution in [0.3, 0.4) is 0 Å². The van der Waals surface area contributed by atoms with Gasteiger partial charge in [-0.3, -0.25) is 0 Å². The molecule has 2 rings (SSSR count). The number of aryl methyl sites for hydroxylation is 1. The number of hydrogen-bond acceptors (Lipinski definition) is 7. The average Bonchev–Trinajstić information content (AvgIpc) is 2.94. The van der Waals surface area contributed by atoms with Crippen LogP contribution in [-0.4, -0.2) is 50.7 Å². The lowest BCUT2D eigenvalue weighted by atomic mass is 10.2. The van der Waals surface area contributed by atoms with E-state index in [4.69, 9.17) is 4.42 Å². The Labute approximate surface area is 142 Å². The van der Waals surface area contributed by atoms with Gasteiger partial charge in [-0.2, -0.15) is 0 Å². The smallest absolute Gasteiger partial charge is 0.315 e. The topological polar surface area (TPSA) is 100 Å². The van der Waals surface area contributed by atoms with Crippen LogP contribution in [0.4, 0.5) is 6.01 Å². The minimum Gasteiger partial charge on any atom is -0.407 e. The van der Waals surface area contributed by atoms with Gasteiger partial charge in [0.2, 0.25) is 15.9 Å². The Morgan fingerprint density at radius 2 is 1.83 bits per heavy atom. The second kappa shape index (κ2) is 8.22. The molecular weight excluding hydrogens is 330 g/mol. The van der Waals surface area contributed by atoms with E-state index in [0.717, 1.165) is 5.56 Å². The number of nitrogens with one attached hydrogen (secondary N) is 2. The van der Waals surface area contributed by atoms with Gasteiger partial charge in [-0.1, -0.05) is 22.8 Å². The molecule has 0 unspecified atom stereocenters. The first-order valence-corrected chi connectivity index (χ1v) is 9.12. The van der Waals surface area contributed by atoms with E-state index in [1.807, 2.05) is 25.9 Å². The minimum absolute atomic E-state index is 0.270. The largest absolute Gasteiger partial charge is 0.407 e. The first-order chi connectivity index (χ1) is 11.4. The summed E-state index contributed by atoms with van der Waals surface area (Å²) in [6.45, 7) is 3.34. The predicted molar refractivity (Wildman–Crippen MR) is 91.2 cm³/mol. The second-order valence-corrected chi connectivity index (χ2v) is 7.50. The normalized spacial score (nSPS) is 11.8. The van der Waals surface area contributed by atoms with Crippen molar-refractivity contribution in [1.82, 2.24) is 19.8 Å². The van der Waals surface area contributed by atoms with Gasteiger partial charge in [-0.05, 0) is 39.6 Å². The number of rotatable bonds is 9. The molecular formula is C15H23N5O3S. The third-order valence-electron chi connectivity index (χ3n) is 3.17. The van der Waals surface area contributed by atoms with E-state index >= 15 is 0 Å². The van der Waals surface area contributed by atoms with Gasteiger partial charge in [0, 0.05) is 13.1 Å². The number of aromatic nitrogens is 2. The standard InChI is InChI=1S/C15H23N5O3S/c1-12-5-7-13(8-6-12)24(21,22)17-10-4-9-16-15-19-18-14(23-15)11-20(2)3/h5-8,17H,4,9-11H2,1-3H3,(H,16,19). The van der Waals surface area contributed by atoms with Crippen LogP contribution in [0, 0.1) is 6.92 Å². The second-order valence-electron chi connectivity index (χ2n) is 5.73. The van der Waals surface area contributed by atoms with Crippen LogP contribution in [0.5, 0.6) is 0 Å². The van der Waals surface area contributed by atoms with Gasteiger partial charge in [-0.25, -0.2) is 13.1 Å². The molecule has 0 aliphatic carbocycles. The van der Waals surface area contributed by atoms with Gasteiger partial charge >= 0.3 is 6.01 Å². The number of hydrogen-bond donors (Lipinski definition) is 2. The molecule has 0 saturated carbocycles. The summed E-state index contributed by atoms with van der Waals surface area (Å²) in [5.74, 6) is 0.530. The molecule has 1 heterocycles. The molecule has 0 atom stereocenters. The summed E-state index contributed by atoms with van der Waals surface area (Å²) in [4.78, 5) is 2.20. The molecule has 0 spiro atoms. The van der Waals surface area contributed by atoms with Crippen LogP contribution >= 0.6 is 0 Å². The Kier molecular flexibility index (Phi) is 6.29. The van der Waals surface area contributed by atoms with Crippen LogP contribution in [0.25, 0.3) is 0 Å². The average molecular weight is 353 g/mol. The third-order valence-corrected chi connectivity index (χ3v) is 4.65. The van der Waals surface area contributed by atoms with Crippen molar-refractivity contribution in [2.24, 2.45) is 0 Å². The molecule has 1 aromatic carbocycles. The molecule has 0 amide bonds. The van der Waals surface area contributed by atoms with Crippen LogP contribution in [0.15, 0.2) is 33.6 Å². The highest BCUT2D eigenvalue weighted by Gasteiger charge is 2.12. The highest BCUT2D eigenvalue weighted by molar-refractivity contribution is 7.89. The quantitative estimate of drug-likeness (QED) is 0.654. The van der Waals surface area contributed by atoms with Crippen molar-refractivity contribution in [2.45, 2.75) is 24.8 Å². The Balaban J connectivity index is 1.72. The SMILES string of the molecule is Cc1ccc(S(=O)(=O)NCCCNc2nnc(CN(C)C)o2)cc1. The van der Waals surface area contributed by atoms with Crippen molar-refractivity contribution in [1.29, 1.82) is 0 Å². The van der Waals surface area contributed by atoms with Gasteiger partial charge in [-0.15, -0.1) is 5.10 Å². The van der Waals surface area contributed by atoms with Gasteiger partial charge in [0.05, 0.1) is 11.4 Å². The zero-order chi connectivity index (χ0) is 17.6. The fraction of sp³-hybridized carbons (Fsp3) is 0.467.